The van der Waals surface area contributed by atoms with E-state index >= 15 is 0 Å². The Bertz CT molecular complexity index is 190. The molecule has 1 rings (SSSR count). The van der Waals surface area contributed by atoms with E-state index in [9.17, 15) is 0 Å². The molecule has 0 spiro atoms. The standard InChI is InChI=1S/C6H10BNO3/c1-11-6-5(7(9)10)3-2-4-8-6/h2-4,6,8-10H,1H3. The van der Waals surface area contributed by atoms with Crippen molar-refractivity contribution in [3.05, 3.63) is 23.8 Å². The summed E-state index contributed by atoms with van der Waals surface area (Å²) >= 11 is 0. The molecule has 60 valence electrons. The van der Waals surface area contributed by atoms with E-state index < -0.39 is 13.3 Å². The van der Waals surface area contributed by atoms with E-state index in [2.05, 4.69) is 5.32 Å². The van der Waals surface area contributed by atoms with Crippen LogP contribution in [0.15, 0.2) is 23.8 Å². The summed E-state index contributed by atoms with van der Waals surface area (Å²) in [5, 5.41) is 20.4. The van der Waals surface area contributed by atoms with E-state index in [1.165, 1.54) is 7.11 Å². The number of hydrogen-bond acceptors (Lipinski definition) is 4. The van der Waals surface area contributed by atoms with Gasteiger partial charge >= 0.3 is 7.12 Å². The van der Waals surface area contributed by atoms with Gasteiger partial charge in [0.1, 0.15) is 6.23 Å². The molecular formula is C6H10BNO3. The predicted octanol–water partition coefficient (Wildman–Crippen LogP) is -0.986. The summed E-state index contributed by atoms with van der Waals surface area (Å²) in [5.74, 6) is 0. The fraction of sp³-hybridized carbons (Fsp3) is 0.333. The third-order valence-electron chi connectivity index (χ3n) is 1.47. The fourth-order valence-corrected chi connectivity index (χ4v) is 0.911. The zero-order valence-corrected chi connectivity index (χ0v) is 6.19. The molecule has 1 aliphatic heterocycles. The monoisotopic (exact) mass is 155 g/mol. The molecule has 0 fully saturated rings. The summed E-state index contributed by atoms with van der Waals surface area (Å²) in [7, 11) is 0.0324. The quantitative estimate of drug-likeness (QED) is 0.448. The average molecular weight is 155 g/mol. The van der Waals surface area contributed by atoms with Gasteiger partial charge in [-0.1, -0.05) is 6.08 Å². The maximum Gasteiger partial charge on any atom is 0.488 e. The highest BCUT2D eigenvalue weighted by Gasteiger charge is 2.24. The van der Waals surface area contributed by atoms with Crippen molar-refractivity contribution >= 4 is 7.12 Å². The summed E-state index contributed by atoms with van der Waals surface area (Å²) in [4.78, 5) is 0. The molecule has 5 heteroatoms. The summed E-state index contributed by atoms with van der Waals surface area (Å²) in [6.07, 6.45) is 4.54. The molecular weight excluding hydrogens is 145 g/mol. The van der Waals surface area contributed by atoms with Crippen LogP contribution in [0.2, 0.25) is 0 Å². The van der Waals surface area contributed by atoms with Crippen LogP contribution in [0, 0.1) is 0 Å². The Morgan fingerprint density at radius 2 is 2.36 bits per heavy atom. The average Bonchev–Trinajstić information content (AvgIpc) is 2.04. The van der Waals surface area contributed by atoms with Gasteiger partial charge in [0.2, 0.25) is 0 Å². The van der Waals surface area contributed by atoms with Crippen LogP contribution in [0.25, 0.3) is 0 Å². The molecule has 4 nitrogen and oxygen atoms in total. The highest BCUT2D eigenvalue weighted by Crippen LogP contribution is 2.08. The predicted molar refractivity (Wildman–Crippen MR) is 41.3 cm³/mol. The van der Waals surface area contributed by atoms with Gasteiger partial charge in [-0.05, 0) is 12.3 Å². The van der Waals surface area contributed by atoms with Gasteiger partial charge in [0.05, 0.1) is 0 Å². The Labute approximate surface area is 65.3 Å². The number of allylic oxidation sites excluding steroid dienone is 2. The van der Waals surface area contributed by atoms with Crippen LogP contribution in [0.3, 0.4) is 0 Å². The molecule has 1 unspecified atom stereocenters. The van der Waals surface area contributed by atoms with Crippen molar-refractivity contribution < 1.29 is 14.8 Å². The number of hydrogen-bond donors (Lipinski definition) is 3. The Morgan fingerprint density at radius 1 is 1.64 bits per heavy atom. The second kappa shape index (κ2) is 3.57. The van der Waals surface area contributed by atoms with Crippen molar-refractivity contribution in [2.24, 2.45) is 0 Å². The van der Waals surface area contributed by atoms with Crippen molar-refractivity contribution in [2.75, 3.05) is 7.11 Å². The Morgan fingerprint density at radius 3 is 2.82 bits per heavy atom. The normalized spacial score (nSPS) is 22.5. The van der Waals surface area contributed by atoms with Crippen LogP contribution in [0.5, 0.6) is 0 Å². The van der Waals surface area contributed by atoms with Crippen LogP contribution < -0.4 is 5.32 Å². The molecule has 1 heterocycles. The van der Waals surface area contributed by atoms with E-state index in [4.69, 9.17) is 14.8 Å². The Balaban J connectivity index is 2.70. The van der Waals surface area contributed by atoms with E-state index in [0.717, 1.165) is 0 Å². The molecule has 3 N–H and O–H groups in total. The molecule has 0 aromatic rings. The minimum Gasteiger partial charge on any atom is -0.423 e. The lowest BCUT2D eigenvalue weighted by Crippen LogP contribution is -2.37. The molecule has 0 aromatic carbocycles. The van der Waals surface area contributed by atoms with Crippen LogP contribution in [0.1, 0.15) is 0 Å². The third kappa shape index (κ3) is 1.83. The SMILES string of the molecule is COC1NC=CC=C1B(O)O. The molecule has 1 aliphatic rings. The van der Waals surface area contributed by atoms with Crippen molar-refractivity contribution in [1.82, 2.24) is 5.32 Å². The molecule has 0 saturated heterocycles. The summed E-state index contributed by atoms with van der Waals surface area (Å²) in [6.45, 7) is 0. The second-order valence-corrected chi connectivity index (χ2v) is 2.18. The van der Waals surface area contributed by atoms with Gasteiger partial charge in [-0.15, -0.1) is 0 Å². The van der Waals surface area contributed by atoms with E-state index in [1.807, 2.05) is 0 Å². The van der Waals surface area contributed by atoms with Crippen LogP contribution in [0.4, 0.5) is 0 Å². The van der Waals surface area contributed by atoms with Gasteiger partial charge in [0, 0.05) is 12.6 Å². The molecule has 0 saturated carbocycles. The highest BCUT2D eigenvalue weighted by atomic mass is 16.5. The van der Waals surface area contributed by atoms with Gasteiger partial charge in [-0.3, -0.25) is 0 Å². The van der Waals surface area contributed by atoms with Crippen LogP contribution in [-0.4, -0.2) is 30.5 Å². The van der Waals surface area contributed by atoms with E-state index in [-0.39, 0.29) is 0 Å². The first-order valence-electron chi connectivity index (χ1n) is 3.27. The molecule has 0 aromatic heterocycles. The lowest BCUT2D eigenvalue weighted by atomic mass is 9.77. The van der Waals surface area contributed by atoms with Crippen LogP contribution in [-0.2, 0) is 4.74 Å². The summed E-state index contributed by atoms with van der Waals surface area (Å²) in [5.41, 5.74) is 0.412. The molecule has 0 amide bonds. The minimum atomic E-state index is -1.46. The maximum absolute atomic E-state index is 8.81. The first kappa shape index (κ1) is 8.32. The van der Waals surface area contributed by atoms with Gasteiger partial charge in [-0.25, -0.2) is 0 Å². The van der Waals surface area contributed by atoms with Crippen LogP contribution >= 0.6 is 0 Å². The third-order valence-corrected chi connectivity index (χ3v) is 1.47. The number of ether oxygens (including phenoxy) is 1. The number of rotatable bonds is 2. The van der Waals surface area contributed by atoms with Gasteiger partial charge < -0.3 is 20.1 Å². The molecule has 0 aliphatic carbocycles. The molecule has 1 atom stereocenters. The van der Waals surface area contributed by atoms with Gasteiger partial charge in [0.15, 0.2) is 0 Å². The Hall–Kier alpha value is -0.775. The smallest absolute Gasteiger partial charge is 0.423 e. The number of nitrogens with one attached hydrogen (secondary N) is 1. The van der Waals surface area contributed by atoms with E-state index in [1.54, 1.807) is 18.4 Å². The Kier molecular flexibility index (Phi) is 2.70. The molecule has 11 heavy (non-hydrogen) atoms. The lowest BCUT2D eigenvalue weighted by molar-refractivity contribution is 0.116. The summed E-state index contributed by atoms with van der Waals surface area (Å²) in [6, 6.07) is 0. The zero-order chi connectivity index (χ0) is 8.27. The van der Waals surface area contributed by atoms with Crippen molar-refractivity contribution in [2.45, 2.75) is 6.23 Å². The zero-order valence-electron chi connectivity index (χ0n) is 6.19. The largest absolute Gasteiger partial charge is 0.488 e. The maximum atomic E-state index is 8.81. The van der Waals surface area contributed by atoms with E-state index in [0.29, 0.717) is 5.47 Å². The van der Waals surface area contributed by atoms with Gasteiger partial charge in [-0.2, -0.15) is 0 Å². The first-order valence-corrected chi connectivity index (χ1v) is 3.27. The summed E-state index contributed by atoms with van der Waals surface area (Å²) < 4.78 is 4.91. The minimum absolute atomic E-state index is 0.412. The number of methoxy groups -OCH3 is 1. The van der Waals surface area contributed by atoms with Crippen molar-refractivity contribution in [1.29, 1.82) is 0 Å². The fourth-order valence-electron chi connectivity index (χ4n) is 0.911. The second-order valence-electron chi connectivity index (χ2n) is 2.18. The van der Waals surface area contributed by atoms with Crippen molar-refractivity contribution in [3.63, 3.8) is 0 Å². The first-order chi connectivity index (χ1) is 5.25. The topological polar surface area (TPSA) is 61.7 Å². The highest BCUT2D eigenvalue weighted by molar-refractivity contribution is 6.51. The number of dihydropyridines is 1. The molecule has 0 radical (unpaired) electrons. The van der Waals surface area contributed by atoms with Gasteiger partial charge in [0.25, 0.3) is 0 Å². The lowest BCUT2D eigenvalue weighted by Gasteiger charge is -2.20. The molecule has 0 bridgehead atoms. The van der Waals surface area contributed by atoms with Crippen molar-refractivity contribution in [3.8, 4) is 0 Å².